The topological polar surface area (TPSA) is 155 Å². The molecule has 0 aromatic heterocycles. The zero-order chi connectivity index (χ0) is 47.6. The Morgan fingerprint density at radius 2 is 0.800 bits per heavy atom. The molecule has 0 radical (unpaired) electrons. The predicted molar refractivity (Wildman–Crippen MR) is 272 cm³/mol. The van der Waals surface area contributed by atoms with E-state index in [1.54, 1.807) is 0 Å². The lowest BCUT2D eigenvalue weighted by molar-refractivity contribution is -0.154. The summed E-state index contributed by atoms with van der Waals surface area (Å²) in [5.74, 6) is -1.77. The maximum Gasteiger partial charge on any atom is 0.472 e. The van der Waals surface area contributed by atoms with Crippen LogP contribution in [0.15, 0.2) is 12.2 Å². The van der Waals surface area contributed by atoms with Crippen molar-refractivity contribution in [1.29, 1.82) is 0 Å². The number of phosphoric ester groups is 1. The Bertz CT molecular complexity index is 1090. The van der Waals surface area contributed by atoms with E-state index < -0.39 is 45.1 Å². The number of nitrogens with two attached hydrogens (primary N) is 1. The Morgan fingerprint density at radius 3 is 1.17 bits per heavy atom. The van der Waals surface area contributed by atoms with Gasteiger partial charge < -0.3 is 25.2 Å². The Hall–Kier alpha value is -1.29. The maximum absolute atomic E-state index is 12.7. The number of rotatable bonds is 54. The van der Waals surface area contributed by atoms with Crippen LogP contribution in [0, 0.1) is 0 Å². The number of hydrogen-bond acceptors (Lipinski definition) is 8. The number of ether oxygens (including phenoxy) is 2. The van der Waals surface area contributed by atoms with E-state index in [0.717, 1.165) is 38.5 Å². The highest BCUT2D eigenvalue weighted by molar-refractivity contribution is 7.47. The molecule has 0 aliphatic carbocycles. The van der Waals surface area contributed by atoms with Crippen LogP contribution in [0.5, 0.6) is 0 Å². The first-order valence-electron chi connectivity index (χ1n) is 27.7. The van der Waals surface area contributed by atoms with Crippen molar-refractivity contribution in [3.05, 3.63) is 12.2 Å². The maximum atomic E-state index is 12.7. The van der Waals surface area contributed by atoms with Gasteiger partial charge in [-0.05, 0) is 38.5 Å². The van der Waals surface area contributed by atoms with Crippen LogP contribution < -0.4 is 5.73 Å². The van der Waals surface area contributed by atoms with Crippen molar-refractivity contribution in [3.8, 4) is 0 Å². The largest absolute Gasteiger partial charge is 0.480 e. The fourth-order valence-corrected chi connectivity index (χ4v) is 9.03. The molecule has 3 unspecified atom stereocenters. The Morgan fingerprint density at radius 1 is 0.477 bits per heavy atom. The minimum Gasteiger partial charge on any atom is -0.480 e. The van der Waals surface area contributed by atoms with Crippen molar-refractivity contribution in [2.75, 3.05) is 26.4 Å². The molecule has 0 heterocycles. The standard InChI is InChI=1S/C54H106NO9P/c1-3-5-7-9-11-13-15-17-19-21-23-25-27-29-31-33-35-37-39-41-43-45-47-61-48-51(49-62-65(59,60)63-50-52(55)54(57)58)64-53(56)46-44-42-40-38-36-34-32-30-28-26-24-22-20-18-16-14-12-10-8-6-4-2/h22,24,51-52H,3-21,23,25-50,55H2,1-2H3,(H,57,58)(H,59,60)/b24-22-. The summed E-state index contributed by atoms with van der Waals surface area (Å²) >= 11 is 0. The van der Waals surface area contributed by atoms with Gasteiger partial charge >= 0.3 is 19.8 Å². The zero-order valence-corrected chi connectivity index (χ0v) is 43.5. The molecule has 65 heavy (non-hydrogen) atoms. The highest BCUT2D eigenvalue weighted by Crippen LogP contribution is 2.43. The van der Waals surface area contributed by atoms with Gasteiger partial charge in [0.15, 0.2) is 0 Å². The third-order valence-electron chi connectivity index (χ3n) is 12.5. The Balaban J connectivity index is 4.05. The molecule has 0 amide bonds. The summed E-state index contributed by atoms with van der Waals surface area (Å²) in [6.45, 7) is 3.95. The first kappa shape index (κ1) is 63.7. The van der Waals surface area contributed by atoms with Crippen molar-refractivity contribution in [3.63, 3.8) is 0 Å². The first-order chi connectivity index (χ1) is 31.7. The number of phosphoric acid groups is 1. The monoisotopic (exact) mass is 944 g/mol. The van der Waals surface area contributed by atoms with E-state index in [1.807, 2.05) is 0 Å². The second-order valence-corrected chi connectivity index (χ2v) is 20.5. The summed E-state index contributed by atoms with van der Waals surface area (Å²) in [5.41, 5.74) is 5.38. The fraction of sp³-hybridized carbons (Fsp3) is 0.926. The number of aliphatic carboxylic acids is 1. The van der Waals surface area contributed by atoms with E-state index in [0.29, 0.717) is 13.0 Å². The Labute approximate surface area is 401 Å². The van der Waals surface area contributed by atoms with E-state index in [9.17, 15) is 19.0 Å². The third kappa shape index (κ3) is 50.4. The van der Waals surface area contributed by atoms with Crippen molar-refractivity contribution in [2.45, 2.75) is 296 Å². The minimum atomic E-state index is -4.62. The lowest BCUT2D eigenvalue weighted by Crippen LogP contribution is -2.34. The average molecular weight is 944 g/mol. The van der Waals surface area contributed by atoms with Crippen molar-refractivity contribution >= 4 is 19.8 Å². The number of esters is 1. The Kier molecular flexibility index (Phi) is 49.6. The van der Waals surface area contributed by atoms with E-state index in [-0.39, 0.29) is 13.0 Å². The zero-order valence-electron chi connectivity index (χ0n) is 42.6. The minimum absolute atomic E-state index is 0.0230. The van der Waals surface area contributed by atoms with Gasteiger partial charge in [0, 0.05) is 13.0 Å². The fourth-order valence-electron chi connectivity index (χ4n) is 8.25. The summed E-state index contributed by atoms with van der Waals surface area (Å²) in [6.07, 6.45) is 57.0. The van der Waals surface area contributed by atoms with E-state index >= 15 is 0 Å². The van der Waals surface area contributed by atoms with Gasteiger partial charge in [0.1, 0.15) is 12.1 Å². The van der Waals surface area contributed by atoms with Crippen LogP contribution in [0.1, 0.15) is 284 Å². The summed E-state index contributed by atoms with van der Waals surface area (Å²) in [4.78, 5) is 33.7. The molecule has 386 valence electrons. The van der Waals surface area contributed by atoms with Gasteiger partial charge in [0.05, 0.1) is 19.8 Å². The van der Waals surface area contributed by atoms with Crippen molar-refractivity contribution < 1.29 is 42.7 Å². The molecular formula is C54H106NO9P. The number of hydrogen-bond donors (Lipinski definition) is 3. The molecular weight excluding hydrogens is 838 g/mol. The summed E-state index contributed by atoms with van der Waals surface area (Å²) in [5, 5.41) is 8.94. The van der Waals surface area contributed by atoms with Crippen LogP contribution in [-0.4, -0.2) is 60.5 Å². The van der Waals surface area contributed by atoms with Crippen LogP contribution in [-0.2, 0) is 32.7 Å². The molecule has 0 bridgehead atoms. The summed E-state index contributed by atoms with van der Waals surface area (Å²) < 4.78 is 33.6. The van der Waals surface area contributed by atoms with Gasteiger partial charge in [-0.15, -0.1) is 0 Å². The smallest absolute Gasteiger partial charge is 0.472 e. The van der Waals surface area contributed by atoms with E-state index in [4.69, 9.17) is 29.4 Å². The van der Waals surface area contributed by atoms with Crippen molar-refractivity contribution in [2.24, 2.45) is 5.73 Å². The van der Waals surface area contributed by atoms with Gasteiger partial charge in [0.2, 0.25) is 0 Å². The summed E-state index contributed by atoms with van der Waals surface area (Å²) in [6, 6.07) is -1.47. The van der Waals surface area contributed by atoms with Crippen LogP contribution >= 0.6 is 7.82 Å². The third-order valence-corrected chi connectivity index (χ3v) is 13.5. The molecule has 0 rings (SSSR count). The van der Waals surface area contributed by atoms with Crippen LogP contribution in [0.3, 0.4) is 0 Å². The molecule has 3 atom stereocenters. The summed E-state index contributed by atoms with van der Waals surface area (Å²) in [7, 11) is -4.62. The number of carbonyl (C=O) groups excluding carboxylic acids is 1. The second-order valence-electron chi connectivity index (χ2n) is 19.1. The SMILES string of the molecule is CCCCCCCCCC/C=C\CCCCCCCCCCCC(=O)OC(COCCCCCCCCCCCCCCCCCCCCCCCC)COP(=O)(O)OCC(N)C(=O)O. The van der Waals surface area contributed by atoms with Gasteiger partial charge in [-0.1, -0.05) is 251 Å². The van der Waals surface area contributed by atoms with Gasteiger partial charge in [-0.3, -0.25) is 18.6 Å². The first-order valence-corrected chi connectivity index (χ1v) is 29.2. The molecule has 0 aliphatic heterocycles. The van der Waals surface area contributed by atoms with Crippen LogP contribution in [0.2, 0.25) is 0 Å². The van der Waals surface area contributed by atoms with Gasteiger partial charge in [-0.2, -0.15) is 0 Å². The molecule has 4 N–H and O–H groups in total. The molecule has 0 saturated carbocycles. The number of carboxylic acid groups (broad SMARTS) is 1. The normalized spacial score (nSPS) is 13.7. The van der Waals surface area contributed by atoms with Crippen molar-refractivity contribution in [1.82, 2.24) is 0 Å². The van der Waals surface area contributed by atoms with E-state index in [2.05, 4.69) is 26.0 Å². The number of unbranched alkanes of at least 4 members (excludes halogenated alkanes) is 38. The van der Waals surface area contributed by atoms with E-state index in [1.165, 1.54) is 218 Å². The lowest BCUT2D eigenvalue weighted by atomic mass is 10.0. The molecule has 0 fully saturated rings. The quantitative estimate of drug-likeness (QED) is 0.0232. The van der Waals surface area contributed by atoms with Crippen LogP contribution in [0.25, 0.3) is 0 Å². The molecule has 10 nitrogen and oxygen atoms in total. The predicted octanol–water partition coefficient (Wildman–Crippen LogP) is 16.4. The molecule has 0 aromatic carbocycles. The molecule has 0 spiro atoms. The highest BCUT2D eigenvalue weighted by Gasteiger charge is 2.27. The second kappa shape index (κ2) is 50.6. The number of allylic oxidation sites excluding steroid dienone is 2. The lowest BCUT2D eigenvalue weighted by Gasteiger charge is -2.20. The van der Waals surface area contributed by atoms with Crippen LogP contribution in [0.4, 0.5) is 0 Å². The average Bonchev–Trinajstić information content (AvgIpc) is 3.29. The number of carboxylic acids is 1. The highest BCUT2D eigenvalue weighted by atomic mass is 31.2. The van der Waals surface area contributed by atoms with Gasteiger partial charge in [0.25, 0.3) is 0 Å². The molecule has 0 aromatic rings. The van der Waals surface area contributed by atoms with Gasteiger partial charge in [-0.25, -0.2) is 4.57 Å². The molecule has 11 heteroatoms. The number of carbonyl (C=O) groups is 2. The molecule has 0 saturated heterocycles. The molecule has 0 aliphatic rings.